The molecule has 132 valence electrons. The van der Waals surface area contributed by atoms with Crippen molar-refractivity contribution in [2.75, 3.05) is 7.11 Å². The zero-order valence-corrected chi connectivity index (χ0v) is 14.5. The second-order valence-electron chi connectivity index (χ2n) is 5.70. The van der Waals surface area contributed by atoms with Crippen molar-refractivity contribution in [2.24, 2.45) is 0 Å². The Morgan fingerprint density at radius 2 is 1.77 bits per heavy atom. The van der Waals surface area contributed by atoms with Gasteiger partial charge in [0.1, 0.15) is 17.0 Å². The molecule has 26 heavy (non-hydrogen) atoms. The SMILES string of the molecule is COC(=O)c1ccc(CNC(=O)c2c(-c3ccccc3)noc2C)cc1. The first-order chi connectivity index (χ1) is 12.6. The quantitative estimate of drug-likeness (QED) is 0.714. The minimum Gasteiger partial charge on any atom is -0.465 e. The summed E-state index contributed by atoms with van der Waals surface area (Å²) < 4.78 is 9.88. The van der Waals surface area contributed by atoms with Crippen LogP contribution in [0.4, 0.5) is 0 Å². The molecule has 0 unspecified atom stereocenters. The lowest BCUT2D eigenvalue weighted by Gasteiger charge is -2.07. The van der Waals surface area contributed by atoms with Crippen molar-refractivity contribution in [1.29, 1.82) is 0 Å². The molecule has 0 atom stereocenters. The number of carbonyl (C=O) groups excluding carboxylic acids is 2. The fraction of sp³-hybridized carbons (Fsp3) is 0.150. The molecule has 3 rings (SSSR count). The first-order valence-electron chi connectivity index (χ1n) is 8.07. The highest BCUT2D eigenvalue weighted by Crippen LogP contribution is 2.25. The number of methoxy groups -OCH3 is 1. The molecule has 6 heteroatoms. The summed E-state index contributed by atoms with van der Waals surface area (Å²) in [6.45, 7) is 2.03. The van der Waals surface area contributed by atoms with Gasteiger partial charge < -0.3 is 14.6 Å². The lowest BCUT2D eigenvalue weighted by molar-refractivity contribution is 0.0600. The third-order valence-electron chi connectivity index (χ3n) is 3.97. The second kappa shape index (κ2) is 7.65. The van der Waals surface area contributed by atoms with E-state index in [1.165, 1.54) is 7.11 Å². The second-order valence-corrected chi connectivity index (χ2v) is 5.70. The van der Waals surface area contributed by atoms with E-state index in [4.69, 9.17) is 4.52 Å². The van der Waals surface area contributed by atoms with Crippen LogP contribution in [0.5, 0.6) is 0 Å². The molecule has 0 aliphatic carbocycles. The van der Waals surface area contributed by atoms with Crippen LogP contribution in [0.1, 0.15) is 32.0 Å². The number of nitrogens with one attached hydrogen (secondary N) is 1. The minimum absolute atomic E-state index is 0.264. The molecule has 1 heterocycles. The summed E-state index contributed by atoms with van der Waals surface area (Å²) >= 11 is 0. The van der Waals surface area contributed by atoms with E-state index in [9.17, 15) is 9.59 Å². The maximum Gasteiger partial charge on any atom is 0.337 e. The lowest BCUT2D eigenvalue weighted by Crippen LogP contribution is -2.23. The van der Waals surface area contributed by atoms with Crippen LogP contribution in [0, 0.1) is 6.92 Å². The molecular weight excluding hydrogens is 332 g/mol. The molecule has 6 nitrogen and oxygen atoms in total. The first-order valence-corrected chi connectivity index (χ1v) is 8.07. The lowest BCUT2D eigenvalue weighted by atomic mass is 10.1. The maximum absolute atomic E-state index is 12.6. The predicted octanol–water partition coefficient (Wildman–Crippen LogP) is 3.37. The van der Waals surface area contributed by atoms with Gasteiger partial charge in [-0.2, -0.15) is 0 Å². The van der Waals surface area contributed by atoms with E-state index in [0.29, 0.717) is 29.1 Å². The van der Waals surface area contributed by atoms with E-state index in [0.717, 1.165) is 11.1 Å². The Morgan fingerprint density at radius 3 is 2.42 bits per heavy atom. The summed E-state index contributed by atoms with van der Waals surface area (Å²) in [5, 5.41) is 6.88. The number of rotatable bonds is 5. The van der Waals surface area contributed by atoms with Crippen molar-refractivity contribution in [3.63, 3.8) is 0 Å². The third-order valence-corrected chi connectivity index (χ3v) is 3.97. The first kappa shape index (κ1) is 17.4. The fourth-order valence-corrected chi connectivity index (χ4v) is 2.58. The van der Waals surface area contributed by atoms with Crippen LogP contribution in [0.2, 0.25) is 0 Å². The Bertz CT molecular complexity index is 915. The van der Waals surface area contributed by atoms with Crippen LogP contribution in [0.3, 0.4) is 0 Å². The molecular formula is C20H18N2O4. The van der Waals surface area contributed by atoms with Gasteiger partial charge >= 0.3 is 5.97 Å². The summed E-state index contributed by atoms with van der Waals surface area (Å²) in [6, 6.07) is 16.3. The Morgan fingerprint density at radius 1 is 1.08 bits per heavy atom. The number of benzene rings is 2. The van der Waals surface area contributed by atoms with Gasteiger partial charge in [0.05, 0.1) is 12.7 Å². The van der Waals surface area contributed by atoms with Gasteiger partial charge in [-0.15, -0.1) is 0 Å². The number of ether oxygens (including phenoxy) is 1. The number of esters is 1. The van der Waals surface area contributed by atoms with Gasteiger partial charge in [0.25, 0.3) is 5.91 Å². The van der Waals surface area contributed by atoms with E-state index in [2.05, 4.69) is 15.2 Å². The summed E-state index contributed by atoms with van der Waals surface area (Å²) in [5.74, 6) is -0.199. The van der Waals surface area contributed by atoms with Crippen LogP contribution >= 0.6 is 0 Å². The molecule has 2 aromatic carbocycles. The molecule has 0 spiro atoms. The Hall–Kier alpha value is -3.41. The molecule has 3 aromatic rings. The zero-order valence-electron chi connectivity index (χ0n) is 14.5. The minimum atomic E-state index is -0.395. The van der Waals surface area contributed by atoms with Crippen molar-refractivity contribution in [3.05, 3.63) is 77.0 Å². The standard InChI is InChI=1S/C20H18N2O4/c1-13-17(18(22-26-13)15-6-4-3-5-7-15)19(23)21-12-14-8-10-16(11-9-14)20(24)25-2/h3-11H,12H2,1-2H3,(H,21,23). The number of hydrogen-bond donors (Lipinski definition) is 1. The number of hydrogen-bond acceptors (Lipinski definition) is 5. The molecule has 0 saturated heterocycles. The van der Waals surface area contributed by atoms with Crippen molar-refractivity contribution in [1.82, 2.24) is 10.5 Å². The van der Waals surface area contributed by atoms with E-state index < -0.39 is 5.97 Å². The largest absolute Gasteiger partial charge is 0.465 e. The van der Waals surface area contributed by atoms with Gasteiger partial charge in [0.2, 0.25) is 0 Å². The van der Waals surface area contributed by atoms with E-state index in [-0.39, 0.29) is 5.91 Å². The highest BCUT2D eigenvalue weighted by Gasteiger charge is 2.21. The van der Waals surface area contributed by atoms with Crippen molar-refractivity contribution < 1.29 is 18.8 Å². The maximum atomic E-state index is 12.6. The van der Waals surface area contributed by atoms with Gasteiger partial charge in [-0.25, -0.2) is 4.79 Å². The number of amides is 1. The van der Waals surface area contributed by atoms with E-state index in [1.807, 2.05) is 30.3 Å². The highest BCUT2D eigenvalue weighted by atomic mass is 16.5. The predicted molar refractivity (Wildman–Crippen MR) is 95.6 cm³/mol. The topological polar surface area (TPSA) is 81.4 Å². The average Bonchev–Trinajstić information content (AvgIpc) is 3.08. The summed E-state index contributed by atoms with van der Waals surface area (Å²) in [4.78, 5) is 24.1. The number of aromatic nitrogens is 1. The normalized spacial score (nSPS) is 10.4. The molecule has 0 fully saturated rings. The van der Waals surface area contributed by atoms with Gasteiger partial charge in [0, 0.05) is 12.1 Å². The van der Waals surface area contributed by atoms with Crippen LogP contribution < -0.4 is 5.32 Å². The Labute approximate surface area is 150 Å². The third kappa shape index (κ3) is 3.64. The summed E-state index contributed by atoms with van der Waals surface area (Å²) in [6.07, 6.45) is 0. The number of carbonyl (C=O) groups is 2. The molecule has 1 N–H and O–H groups in total. The average molecular weight is 350 g/mol. The molecule has 0 bridgehead atoms. The smallest absolute Gasteiger partial charge is 0.337 e. The summed E-state index contributed by atoms with van der Waals surface area (Å²) in [7, 11) is 1.34. The molecule has 1 aromatic heterocycles. The molecule has 1 amide bonds. The highest BCUT2D eigenvalue weighted by molar-refractivity contribution is 6.00. The monoisotopic (exact) mass is 350 g/mol. The zero-order chi connectivity index (χ0) is 18.5. The van der Waals surface area contributed by atoms with Crippen LogP contribution in [-0.2, 0) is 11.3 Å². The Kier molecular flexibility index (Phi) is 5.12. The summed E-state index contributed by atoms with van der Waals surface area (Å²) in [5.41, 5.74) is 3.08. The molecule has 0 saturated carbocycles. The van der Waals surface area contributed by atoms with Crippen LogP contribution in [0.25, 0.3) is 11.3 Å². The Balaban J connectivity index is 1.73. The number of aryl methyl sites for hydroxylation is 1. The van der Waals surface area contributed by atoms with Crippen LogP contribution in [-0.4, -0.2) is 24.1 Å². The van der Waals surface area contributed by atoms with Gasteiger partial charge in [-0.3, -0.25) is 4.79 Å². The van der Waals surface area contributed by atoms with Gasteiger partial charge in [-0.1, -0.05) is 47.6 Å². The van der Waals surface area contributed by atoms with E-state index >= 15 is 0 Å². The van der Waals surface area contributed by atoms with Crippen molar-refractivity contribution in [3.8, 4) is 11.3 Å². The molecule has 0 aliphatic rings. The van der Waals surface area contributed by atoms with Gasteiger partial charge in [0.15, 0.2) is 0 Å². The van der Waals surface area contributed by atoms with Crippen molar-refractivity contribution >= 4 is 11.9 Å². The molecule has 0 aliphatic heterocycles. The number of nitrogens with zero attached hydrogens (tertiary/aromatic N) is 1. The van der Waals surface area contributed by atoms with Crippen molar-refractivity contribution in [2.45, 2.75) is 13.5 Å². The van der Waals surface area contributed by atoms with Gasteiger partial charge in [-0.05, 0) is 24.6 Å². The molecule has 0 radical (unpaired) electrons. The fourth-order valence-electron chi connectivity index (χ4n) is 2.58. The van der Waals surface area contributed by atoms with E-state index in [1.54, 1.807) is 31.2 Å². The van der Waals surface area contributed by atoms with Crippen LogP contribution in [0.15, 0.2) is 59.1 Å².